The minimum atomic E-state index is -3.06. The fourth-order valence-corrected chi connectivity index (χ4v) is 7.74. The molecule has 8 heteroatoms. The van der Waals surface area contributed by atoms with E-state index in [1.165, 1.54) is 17.3 Å². The van der Waals surface area contributed by atoms with Crippen molar-refractivity contribution in [2.45, 2.75) is 31.2 Å². The minimum absolute atomic E-state index is 0.0759. The molecule has 0 N–H and O–H groups in total. The summed E-state index contributed by atoms with van der Waals surface area (Å²) in [5, 5.41) is 0.548. The highest BCUT2D eigenvalue weighted by molar-refractivity contribution is 8.15. The molecule has 0 saturated carbocycles. The van der Waals surface area contributed by atoms with Gasteiger partial charge in [-0.15, -0.1) is 0 Å². The molecule has 0 spiro atoms. The van der Waals surface area contributed by atoms with Crippen molar-refractivity contribution in [1.82, 2.24) is 4.90 Å². The summed E-state index contributed by atoms with van der Waals surface area (Å²) in [6.07, 6.45) is 0.195. The number of amides is 1. The molecular formula is C22H24N2O4S2. The summed E-state index contributed by atoms with van der Waals surface area (Å²) < 4.78 is 29.5. The molecule has 2 atom stereocenters. The van der Waals surface area contributed by atoms with Gasteiger partial charge in [-0.3, -0.25) is 4.79 Å². The van der Waals surface area contributed by atoms with Gasteiger partial charge in [0.05, 0.1) is 31.1 Å². The lowest BCUT2D eigenvalue weighted by atomic mass is 10.1. The van der Waals surface area contributed by atoms with Crippen molar-refractivity contribution in [3.8, 4) is 5.75 Å². The molecule has 2 aromatic carbocycles. The zero-order valence-electron chi connectivity index (χ0n) is 16.9. The van der Waals surface area contributed by atoms with Crippen molar-refractivity contribution in [3.05, 3.63) is 65.2 Å². The van der Waals surface area contributed by atoms with Gasteiger partial charge in [-0.2, -0.15) is 4.99 Å². The molecule has 2 aliphatic heterocycles. The van der Waals surface area contributed by atoms with Gasteiger partial charge in [-0.05, 0) is 30.2 Å². The van der Waals surface area contributed by atoms with Crippen LogP contribution < -0.4 is 4.74 Å². The number of amidine groups is 1. The number of ether oxygens (including phenoxy) is 1. The number of benzene rings is 2. The first-order valence-electron chi connectivity index (χ1n) is 9.77. The Morgan fingerprint density at radius 2 is 1.77 bits per heavy atom. The second-order valence-electron chi connectivity index (χ2n) is 7.73. The van der Waals surface area contributed by atoms with Crippen molar-refractivity contribution in [3.63, 3.8) is 0 Å². The molecule has 0 aliphatic carbocycles. The van der Waals surface area contributed by atoms with Crippen LogP contribution in [-0.4, -0.2) is 54.3 Å². The molecule has 6 nitrogen and oxygen atoms in total. The van der Waals surface area contributed by atoms with E-state index < -0.39 is 9.84 Å². The number of aryl methyl sites for hydroxylation is 1. The van der Waals surface area contributed by atoms with E-state index in [1.807, 2.05) is 60.4 Å². The van der Waals surface area contributed by atoms with Crippen molar-refractivity contribution in [1.29, 1.82) is 0 Å². The Bertz CT molecular complexity index is 1060. The average Bonchev–Trinajstić information content (AvgIpc) is 3.16. The van der Waals surface area contributed by atoms with Gasteiger partial charge >= 0.3 is 0 Å². The quantitative estimate of drug-likeness (QED) is 0.706. The standard InChI is InChI=1S/C22H24N2O4S2/c1-15-3-5-17(6-4-15)12-24-19-13-30(26,27)14-20(19)29-22(24)23-21(25)11-16-7-9-18(28-2)10-8-16/h3-10,19-20H,11-14H2,1-2H3/t19-,20-/m0/s1. The Hall–Kier alpha value is -2.32. The van der Waals surface area contributed by atoms with Crippen LogP contribution >= 0.6 is 11.8 Å². The van der Waals surface area contributed by atoms with Crippen LogP contribution in [0.5, 0.6) is 5.75 Å². The van der Waals surface area contributed by atoms with Gasteiger partial charge in [-0.1, -0.05) is 53.7 Å². The summed E-state index contributed by atoms with van der Waals surface area (Å²) in [4.78, 5) is 19.0. The third-order valence-electron chi connectivity index (χ3n) is 5.38. The summed E-state index contributed by atoms with van der Waals surface area (Å²) in [6.45, 7) is 2.57. The fraction of sp³-hybridized carbons (Fsp3) is 0.364. The molecule has 2 saturated heterocycles. The number of fused-ring (bicyclic) bond motifs is 1. The van der Waals surface area contributed by atoms with Crippen molar-refractivity contribution in [2.75, 3.05) is 18.6 Å². The van der Waals surface area contributed by atoms with Crippen LogP contribution in [0.2, 0.25) is 0 Å². The van der Waals surface area contributed by atoms with Crippen LogP contribution in [0.4, 0.5) is 0 Å². The monoisotopic (exact) mass is 444 g/mol. The molecule has 4 rings (SSSR count). The number of thioether (sulfide) groups is 1. The van der Waals surface area contributed by atoms with Crippen molar-refractivity contribution in [2.24, 2.45) is 4.99 Å². The zero-order chi connectivity index (χ0) is 21.3. The number of carbonyl (C=O) groups excluding carboxylic acids is 1. The number of sulfone groups is 1. The van der Waals surface area contributed by atoms with Gasteiger partial charge in [-0.25, -0.2) is 8.42 Å². The van der Waals surface area contributed by atoms with E-state index in [9.17, 15) is 13.2 Å². The molecule has 0 radical (unpaired) electrons. The lowest BCUT2D eigenvalue weighted by Crippen LogP contribution is -2.37. The second kappa shape index (κ2) is 8.43. The van der Waals surface area contributed by atoms with Crippen LogP contribution in [0.25, 0.3) is 0 Å². The summed E-state index contributed by atoms with van der Waals surface area (Å²) in [7, 11) is -1.46. The summed E-state index contributed by atoms with van der Waals surface area (Å²) in [5.41, 5.74) is 3.10. The van der Waals surface area contributed by atoms with Crippen LogP contribution in [0.1, 0.15) is 16.7 Å². The molecule has 2 fully saturated rings. The predicted molar refractivity (Wildman–Crippen MR) is 120 cm³/mol. The van der Waals surface area contributed by atoms with Crippen molar-refractivity contribution < 1.29 is 17.9 Å². The maximum absolute atomic E-state index is 12.6. The third-order valence-corrected chi connectivity index (χ3v) is 8.63. The topological polar surface area (TPSA) is 76.0 Å². The smallest absolute Gasteiger partial charge is 0.252 e. The first-order valence-corrected chi connectivity index (χ1v) is 12.5. The first kappa shape index (κ1) is 20.9. The van der Waals surface area contributed by atoms with E-state index in [0.717, 1.165) is 16.9 Å². The molecule has 158 valence electrons. The molecule has 30 heavy (non-hydrogen) atoms. The van der Waals surface area contributed by atoms with E-state index in [2.05, 4.69) is 4.99 Å². The highest BCUT2D eigenvalue weighted by Gasteiger charge is 2.48. The Balaban J connectivity index is 1.54. The van der Waals surface area contributed by atoms with E-state index in [0.29, 0.717) is 11.7 Å². The highest BCUT2D eigenvalue weighted by Crippen LogP contribution is 2.39. The number of hydrogen-bond acceptors (Lipinski definition) is 5. The minimum Gasteiger partial charge on any atom is -0.497 e. The number of hydrogen-bond donors (Lipinski definition) is 0. The Kier molecular flexibility index (Phi) is 5.88. The number of nitrogens with zero attached hydrogens (tertiary/aromatic N) is 2. The summed E-state index contributed by atoms with van der Waals surface area (Å²) >= 11 is 1.41. The number of carbonyl (C=O) groups is 1. The largest absolute Gasteiger partial charge is 0.497 e. The number of rotatable bonds is 5. The number of methoxy groups -OCH3 is 1. The Labute approximate surface area is 181 Å². The summed E-state index contributed by atoms with van der Waals surface area (Å²) in [6, 6.07) is 15.3. The molecule has 0 bridgehead atoms. The lowest BCUT2D eigenvalue weighted by molar-refractivity contribution is -0.117. The van der Waals surface area contributed by atoms with Crippen LogP contribution in [0, 0.1) is 6.92 Å². The molecular weight excluding hydrogens is 420 g/mol. The molecule has 1 amide bonds. The fourth-order valence-electron chi connectivity index (χ4n) is 3.77. The maximum atomic E-state index is 12.6. The van der Waals surface area contributed by atoms with E-state index in [1.54, 1.807) is 7.11 Å². The second-order valence-corrected chi connectivity index (χ2v) is 11.1. The highest BCUT2D eigenvalue weighted by atomic mass is 32.2. The lowest BCUT2D eigenvalue weighted by Gasteiger charge is -2.24. The third kappa shape index (κ3) is 4.70. The van der Waals surface area contributed by atoms with E-state index in [-0.39, 0.29) is 35.1 Å². The normalized spacial score (nSPS) is 23.5. The SMILES string of the molecule is COc1ccc(CC(=O)N=C2S[C@H]3CS(=O)(=O)C[C@@H]3N2Cc2ccc(C)cc2)cc1. The van der Waals surface area contributed by atoms with Gasteiger partial charge in [0, 0.05) is 11.8 Å². The Morgan fingerprint density at radius 1 is 1.10 bits per heavy atom. The maximum Gasteiger partial charge on any atom is 0.252 e. The van der Waals surface area contributed by atoms with Crippen LogP contribution in [-0.2, 0) is 27.6 Å². The molecule has 2 aliphatic rings. The van der Waals surface area contributed by atoms with E-state index in [4.69, 9.17) is 4.74 Å². The molecule has 2 heterocycles. The first-order chi connectivity index (χ1) is 14.3. The van der Waals surface area contributed by atoms with Gasteiger partial charge in [0.1, 0.15) is 5.75 Å². The van der Waals surface area contributed by atoms with Gasteiger partial charge in [0.25, 0.3) is 5.91 Å². The summed E-state index contributed by atoms with van der Waals surface area (Å²) in [5.74, 6) is 0.752. The molecule has 0 unspecified atom stereocenters. The van der Waals surface area contributed by atoms with Gasteiger partial charge < -0.3 is 9.64 Å². The molecule has 2 aromatic rings. The average molecular weight is 445 g/mol. The van der Waals surface area contributed by atoms with Crippen LogP contribution in [0.3, 0.4) is 0 Å². The van der Waals surface area contributed by atoms with Crippen molar-refractivity contribution >= 4 is 32.7 Å². The molecule has 0 aromatic heterocycles. The van der Waals surface area contributed by atoms with Gasteiger partial charge in [0.2, 0.25) is 0 Å². The Morgan fingerprint density at radius 3 is 2.43 bits per heavy atom. The zero-order valence-corrected chi connectivity index (χ0v) is 18.6. The van der Waals surface area contributed by atoms with Gasteiger partial charge in [0.15, 0.2) is 15.0 Å². The van der Waals surface area contributed by atoms with Crippen LogP contribution in [0.15, 0.2) is 53.5 Å². The number of aliphatic imine (C=N–C) groups is 1. The van der Waals surface area contributed by atoms with E-state index >= 15 is 0 Å². The predicted octanol–water partition coefficient (Wildman–Crippen LogP) is 2.84.